The summed E-state index contributed by atoms with van der Waals surface area (Å²) in [7, 11) is 0. The van der Waals surface area contributed by atoms with Crippen LogP contribution in [-0.4, -0.2) is 30.6 Å². The molecule has 2 aliphatic rings. The highest BCUT2D eigenvalue weighted by molar-refractivity contribution is 5.89. The number of fused-ring (bicyclic) bond motifs is 1. The number of allylic oxidation sites excluding steroid dienone is 2. The van der Waals surface area contributed by atoms with Crippen LogP contribution >= 0.6 is 0 Å². The largest absolute Gasteiger partial charge is 0.370 e. The fourth-order valence-corrected chi connectivity index (χ4v) is 3.17. The maximum absolute atomic E-state index is 11.8. The number of unbranched alkanes of at least 4 members (excludes halogenated alkanes) is 3. The van der Waals surface area contributed by atoms with Gasteiger partial charge in [0.05, 0.1) is 12.2 Å². The van der Waals surface area contributed by atoms with E-state index < -0.39 is 0 Å². The van der Waals surface area contributed by atoms with Crippen molar-refractivity contribution in [3.05, 3.63) is 12.2 Å². The van der Waals surface area contributed by atoms with E-state index in [0.29, 0.717) is 24.7 Å². The van der Waals surface area contributed by atoms with Crippen LogP contribution in [0.15, 0.2) is 12.2 Å². The number of ether oxygens (including phenoxy) is 1. The lowest BCUT2D eigenvalue weighted by molar-refractivity contribution is -0.114. The van der Waals surface area contributed by atoms with Crippen LogP contribution in [0.25, 0.3) is 0 Å². The molecule has 1 N–H and O–H groups in total. The number of rotatable bonds is 9. The van der Waals surface area contributed by atoms with Gasteiger partial charge in [0.2, 0.25) is 0 Å². The van der Waals surface area contributed by atoms with Crippen molar-refractivity contribution in [3.63, 3.8) is 0 Å². The van der Waals surface area contributed by atoms with E-state index in [1.807, 2.05) is 0 Å². The van der Waals surface area contributed by atoms with Crippen LogP contribution in [0.1, 0.15) is 71.1 Å². The molecule has 2 heterocycles. The van der Waals surface area contributed by atoms with E-state index in [1.54, 1.807) is 6.08 Å². The number of ketones is 1. The van der Waals surface area contributed by atoms with Crippen LogP contribution in [0, 0.1) is 0 Å². The van der Waals surface area contributed by atoms with Crippen molar-refractivity contribution >= 4 is 5.78 Å². The lowest BCUT2D eigenvalue weighted by Crippen LogP contribution is -2.33. The van der Waals surface area contributed by atoms with Gasteiger partial charge in [0.15, 0.2) is 5.78 Å². The maximum Gasteiger partial charge on any atom is 0.155 e. The van der Waals surface area contributed by atoms with Gasteiger partial charge in [0.1, 0.15) is 0 Å². The monoisotopic (exact) mass is 293 g/mol. The Kier molecular flexibility index (Phi) is 7.45. The van der Waals surface area contributed by atoms with Gasteiger partial charge >= 0.3 is 0 Å². The van der Waals surface area contributed by atoms with Crippen LogP contribution in [0.4, 0.5) is 0 Å². The number of nitrogens with one attached hydrogen (secondary N) is 1. The zero-order valence-electron chi connectivity index (χ0n) is 13.5. The molecule has 3 atom stereocenters. The predicted molar refractivity (Wildman–Crippen MR) is 86.4 cm³/mol. The number of epoxide rings is 1. The first kappa shape index (κ1) is 16.7. The third-order valence-electron chi connectivity index (χ3n) is 4.56. The molecular formula is C18H31NO2. The summed E-state index contributed by atoms with van der Waals surface area (Å²) in [6, 6.07) is 0.543. The SMILES string of the molecule is CCCCC/C=C/C(=O)CCC[C@H]1C[C@@H]2O[C@H]2CCCN1. The molecule has 0 spiro atoms. The average Bonchev–Trinajstić information content (AvgIpc) is 3.17. The van der Waals surface area contributed by atoms with Crippen molar-refractivity contribution in [2.75, 3.05) is 6.54 Å². The molecule has 2 saturated heterocycles. The molecule has 2 rings (SSSR count). The lowest BCUT2D eigenvalue weighted by Gasteiger charge is -2.19. The normalized spacial score (nSPS) is 28.9. The Morgan fingerprint density at radius 3 is 3.05 bits per heavy atom. The molecule has 0 saturated carbocycles. The van der Waals surface area contributed by atoms with Crippen molar-refractivity contribution in [3.8, 4) is 0 Å². The molecule has 2 aliphatic heterocycles. The second kappa shape index (κ2) is 9.37. The fraction of sp³-hybridized carbons (Fsp3) is 0.833. The highest BCUT2D eigenvalue weighted by atomic mass is 16.6. The second-order valence-electron chi connectivity index (χ2n) is 6.50. The molecule has 0 aromatic rings. The Labute approximate surface area is 129 Å². The van der Waals surface area contributed by atoms with Gasteiger partial charge in [0, 0.05) is 12.5 Å². The minimum atomic E-state index is 0.290. The van der Waals surface area contributed by atoms with Crippen molar-refractivity contribution in [2.24, 2.45) is 0 Å². The fourth-order valence-electron chi connectivity index (χ4n) is 3.17. The summed E-state index contributed by atoms with van der Waals surface area (Å²) in [5, 5.41) is 3.61. The summed E-state index contributed by atoms with van der Waals surface area (Å²) in [5.74, 6) is 0.290. The van der Waals surface area contributed by atoms with Crippen molar-refractivity contribution in [2.45, 2.75) is 89.4 Å². The summed E-state index contributed by atoms with van der Waals surface area (Å²) in [6.07, 6.45) is 16.0. The molecule has 3 heteroatoms. The van der Waals surface area contributed by atoms with Gasteiger partial charge in [-0.1, -0.05) is 25.8 Å². The van der Waals surface area contributed by atoms with Gasteiger partial charge in [-0.25, -0.2) is 0 Å². The Balaban J connectivity index is 1.54. The summed E-state index contributed by atoms with van der Waals surface area (Å²) in [5.41, 5.74) is 0. The summed E-state index contributed by atoms with van der Waals surface area (Å²) in [6.45, 7) is 3.30. The zero-order valence-corrected chi connectivity index (χ0v) is 13.5. The highest BCUT2D eigenvalue weighted by Gasteiger charge is 2.40. The molecule has 0 bridgehead atoms. The Hall–Kier alpha value is -0.670. The van der Waals surface area contributed by atoms with Crippen LogP contribution in [0.5, 0.6) is 0 Å². The minimum absolute atomic E-state index is 0.290. The van der Waals surface area contributed by atoms with Crippen LogP contribution in [-0.2, 0) is 9.53 Å². The Morgan fingerprint density at radius 1 is 1.29 bits per heavy atom. The van der Waals surface area contributed by atoms with Crippen molar-refractivity contribution in [1.82, 2.24) is 5.32 Å². The molecular weight excluding hydrogens is 262 g/mol. The Morgan fingerprint density at radius 2 is 2.19 bits per heavy atom. The quantitative estimate of drug-likeness (QED) is 0.400. The molecule has 21 heavy (non-hydrogen) atoms. The topological polar surface area (TPSA) is 41.6 Å². The van der Waals surface area contributed by atoms with E-state index in [0.717, 1.165) is 32.2 Å². The number of hydrogen-bond donors (Lipinski definition) is 1. The van der Waals surface area contributed by atoms with Gasteiger partial charge in [-0.2, -0.15) is 0 Å². The van der Waals surface area contributed by atoms with E-state index in [2.05, 4.69) is 18.3 Å². The molecule has 0 radical (unpaired) electrons. The van der Waals surface area contributed by atoms with Crippen molar-refractivity contribution in [1.29, 1.82) is 0 Å². The molecule has 0 aromatic carbocycles. The third kappa shape index (κ3) is 6.75. The Bertz CT molecular complexity index is 340. The zero-order chi connectivity index (χ0) is 14.9. The van der Waals surface area contributed by atoms with Crippen LogP contribution in [0.3, 0.4) is 0 Å². The van der Waals surface area contributed by atoms with Gasteiger partial charge < -0.3 is 10.1 Å². The van der Waals surface area contributed by atoms with Gasteiger partial charge in [-0.05, 0) is 57.6 Å². The van der Waals surface area contributed by atoms with E-state index in [9.17, 15) is 4.79 Å². The van der Waals surface area contributed by atoms with Gasteiger partial charge in [-0.15, -0.1) is 0 Å². The summed E-state index contributed by atoms with van der Waals surface area (Å²) >= 11 is 0. The molecule has 0 amide bonds. The highest BCUT2D eigenvalue weighted by Crippen LogP contribution is 2.32. The van der Waals surface area contributed by atoms with Crippen LogP contribution < -0.4 is 5.32 Å². The van der Waals surface area contributed by atoms with Crippen LogP contribution in [0.2, 0.25) is 0 Å². The second-order valence-corrected chi connectivity index (χ2v) is 6.50. The maximum atomic E-state index is 11.8. The lowest BCUT2D eigenvalue weighted by atomic mass is 9.99. The van der Waals surface area contributed by atoms with E-state index in [4.69, 9.17) is 4.74 Å². The number of carbonyl (C=O) groups is 1. The van der Waals surface area contributed by atoms with E-state index in [1.165, 1.54) is 32.1 Å². The first-order chi connectivity index (χ1) is 10.3. The van der Waals surface area contributed by atoms with Crippen molar-refractivity contribution < 1.29 is 9.53 Å². The first-order valence-electron chi connectivity index (χ1n) is 8.88. The number of hydrogen-bond acceptors (Lipinski definition) is 3. The number of carbonyl (C=O) groups excluding carboxylic acids is 1. The first-order valence-corrected chi connectivity index (χ1v) is 8.88. The smallest absolute Gasteiger partial charge is 0.155 e. The summed E-state index contributed by atoms with van der Waals surface area (Å²) < 4.78 is 5.66. The van der Waals surface area contributed by atoms with E-state index >= 15 is 0 Å². The molecule has 2 fully saturated rings. The molecule has 3 nitrogen and oxygen atoms in total. The predicted octanol–water partition coefficient (Wildman–Crippen LogP) is 3.77. The molecule has 120 valence electrons. The standard InChI is InChI=1S/C18H31NO2/c1-2-3-4-5-6-10-16(20)11-7-9-15-14-18-17(21-18)12-8-13-19-15/h6,10,15,17-19H,2-5,7-9,11-14H2,1H3/b10-6+/t15-,17-,18-/m0/s1. The van der Waals surface area contributed by atoms with Gasteiger partial charge in [-0.3, -0.25) is 4.79 Å². The summed E-state index contributed by atoms with van der Waals surface area (Å²) in [4.78, 5) is 11.8. The third-order valence-corrected chi connectivity index (χ3v) is 4.56. The van der Waals surface area contributed by atoms with Gasteiger partial charge in [0.25, 0.3) is 0 Å². The van der Waals surface area contributed by atoms with E-state index in [-0.39, 0.29) is 5.78 Å². The molecule has 0 unspecified atom stereocenters. The molecule has 0 aromatic heterocycles. The molecule has 0 aliphatic carbocycles. The minimum Gasteiger partial charge on any atom is -0.370 e. The average molecular weight is 293 g/mol.